The standard InChI is InChI=1S/C9H10FNS/c10-8-3-1-2-7(6-8)9-11-4-5-12-9/h1-3,6,9,11H,4-5H2. The van der Waals surface area contributed by atoms with Crippen LogP contribution in [0.2, 0.25) is 0 Å². The van der Waals surface area contributed by atoms with Gasteiger partial charge in [-0.3, -0.25) is 0 Å². The average molecular weight is 183 g/mol. The van der Waals surface area contributed by atoms with Crippen molar-refractivity contribution in [3.8, 4) is 0 Å². The minimum Gasteiger partial charge on any atom is -0.301 e. The number of thioether (sulfide) groups is 1. The Morgan fingerprint density at radius 2 is 2.42 bits per heavy atom. The zero-order valence-electron chi connectivity index (χ0n) is 6.59. The Morgan fingerprint density at radius 3 is 3.08 bits per heavy atom. The van der Waals surface area contributed by atoms with Gasteiger partial charge in [0.25, 0.3) is 0 Å². The molecule has 1 saturated heterocycles. The molecule has 0 saturated carbocycles. The van der Waals surface area contributed by atoms with Gasteiger partial charge in [0.2, 0.25) is 0 Å². The minimum atomic E-state index is -0.151. The molecule has 1 aliphatic heterocycles. The quantitative estimate of drug-likeness (QED) is 0.716. The molecule has 1 aromatic carbocycles. The summed E-state index contributed by atoms with van der Waals surface area (Å²) >= 11 is 1.83. The third-order valence-corrected chi connectivity index (χ3v) is 3.08. The van der Waals surface area contributed by atoms with Gasteiger partial charge in [-0.15, -0.1) is 11.8 Å². The highest BCUT2D eigenvalue weighted by Gasteiger charge is 2.16. The van der Waals surface area contributed by atoms with E-state index in [-0.39, 0.29) is 5.82 Å². The van der Waals surface area contributed by atoms with Crippen LogP contribution >= 0.6 is 11.8 Å². The fourth-order valence-electron chi connectivity index (χ4n) is 1.31. The molecule has 1 nitrogen and oxygen atoms in total. The van der Waals surface area contributed by atoms with Gasteiger partial charge in [0.15, 0.2) is 0 Å². The molecule has 1 unspecified atom stereocenters. The Labute approximate surface area is 75.4 Å². The first-order valence-corrected chi connectivity index (χ1v) is 5.01. The van der Waals surface area contributed by atoms with Gasteiger partial charge in [0.05, 0.1) is 5.37 Å². The van der Waals surface area contributed by atoms with E-state index in [0.29, 0.717) is 5.37 Å². The van der Waals surface area contributed by atoms with Gasteiger partial charge >= 0.3 is 0 Å². The van der Waals surface area contributed by atoms with Crippen molar-refractivity contribution in [2.24, 2.45) is 0 Å². The Kier molecular flexibility index (Phi) is 2.33. The Hall–Kier alpha value is -0.540. The Balaban J connectivity index is 2.21. The van der Waals surface area contributed by atoms with E-state index in [0.717, 1.165) is 17.9 Å². The third kappa shape index (κ3) is 1.62. The third-order valence-electron chi connectivity index (χ3n) is 1.87. The van der Waals surface area contributed by atoms with Crippen LogP contribution in [0.4, 0.5) is 4.39 Å². The maximum atomic E-state index is 12.8. The van der Waals surface area contributed by atoms with E-state index < -0.39 is 0 Å². The molecule has 12 heavy (non-hydrogen) atoms. The lowest BCUT2D eigenvalue weighted by molar-refractivity contribution is 0.622. The number of rotatable bonds is 1. The molecular weight excluding hydrogens is 173 g/mol. The maximum absolute atomic E-state index is 12.8. The second-order valence-electron chi connectivity index (χ2n) is 2.76. The van der Waals surface area contributed by atoms with E-state index in [9.17, 15) is 4.39 Å². The van der Waals surface area contributed by atoms with Crippen molar-refractivity contribution in [1.82, 2.24) is 5.32 Å². The van der Waals surface area contributed by atoms with Gasteiger partial charge in [-0.25, -0.2) is 4.39 Å². The van der Waals surface area contributed by atoms with Crippen LogP contribution in [0.25, 0.3) is 0 Å². The normalized spacial score (nSPS) is 22.9. The first-order valence-electron chi connectivity index (χ1n) is 3.97. The predicted molar refractivity (Wildman–Crippen MR) is 49.6 cm³/mol. The molecule has 0 aromatic heterocycles. The molecule has 1 aliphatic rings. The minimum absolute atomic E-state index is 0.151. The average Bonchev–Trinajstić information content (AvgIpc) is 2.56. The summed E-state index contributed by atoms with van der Waals surface area (Å²) < 4.78 is 12.8. The summed E-state index contributed by atoms with van der Waals surface area (Å²) in [5, 5.41) is 3.59. The molecule has 1 heterocycles. The largest absolute Gasteiger partial charge is 0.301 e. The molecule has 0 bridgehead atoms. The highest BCUT2D eigenvalue weighted by atomic mass is 32.2. The zero-order chi connectivity index (χ0) is 8.39. The molecule has 64 valence electrons. The number of benzene rings is 1. The number of halogens is 1. The lowest BCUT2D eigenvalue weighted by atomic mass is 10.2. The van der Waals surface area contributed by atoms with E-state index in [4.69, 9.17) is 0 Å². The molecule has 1 fully saturated rings. The monoisotopic (exact) mass is 183 g/mol. The first kappa shape index (κ1) is 8.08. The van der Waals surface area contributed by atoms with E-state index >= 15 is 0 Å². The van der Waals surface area contributed by atoms with E-state index in [1.54, 1.807) is 12.1 Å². The Bertz CT molecular complexity index is 271. The number of hydrogen-bond acceptors (Lipinski definition) is 2. The van der Waals surface area contributed by atoms with E-state index in [2.05, 4.69) is 5.32 Å². The lowest BCUT2D eigenvalue weighted by Crippen LogP contribution is -2.11. The lowest BCUT2D eigenvalue weighted by Gasteiger charge is -2.08. The summed E-state index contributed by atoms with van der Waals surface area (Å²) in [6.45, 7) is 1.02. The number of nitrogens with one attached hydrogen (secondary N) is 1. The first-order chi connectivity index (χ1) is 5.86. The summed E-state index contributed by atoms with van der Waals surface area (Å²) in [6.07, 6.45) is 0. The van der Waals surface area contributed by atoms with Crippen LogP contribution in [-0.4, -0.2) is 12.3 Å². The summed E-state index contributed by atoms with van der Waals surface area (Å²) in [7, 11) is 0. The Morgan fingerprint density at radius 1 is 1.50 bits per heavy atom. The smallest absolute Gasteiger partial charge is 0.123 e. The van der Waals surface area contributed by atoms with Gasteiger partial charge in [-0.05, 0) is 17.7 Å². The van der Waals surface area contributed by atoms with Crippen molar-refractivity contribution in [2.45, 2.75) is 5.37 Å². The van der Waals surface area contributed by atoms with Gasteiger partial charge in [-0.1, -0.05) is 12.1 Å². The van der Waals surface area contributed by atoms with Gasteiger partial charge in [-0.2, -0.15) is 0 Å². The van der Waals surface area contributed by atoms with Crippen LogP contribution in [0.5, 0.6) is 0 Å². The van der Waals surface area contributed by atoms with Crippen LogP contribution in [0, 0.1) is 5.82 Å². The maximum Gasteiger partial charge on any atom is 0.123 e. The van der Waals surface area contributed by atoms with Crippen molar-refractivity contribution in [3.63, 3.8) is 0 Å². The topological polar surface area (TPSA) is 12.0 Å². The zero-order valence-corrected chi connectivity index (χ0v) is 7.40. The van der Waals surface area contributed by atoms with Gasteiger partial charge < -0.3 is 5.32 Å². The molecule has 0 aliphatic carbocycles. The second-order valence-corrected chi connectivity index (χ2v) is 3.97. The van der Waals surface area contributed by atoms with Crippen LogP contribution < -0.4 is 5.32 Å². The summed E-state index contributed by atoms with van der Waals surface area (Å²) in [6, 6.07) is 6.78. The SMILES string of the molecule is Fc1cccc(C2NCCS2)c1. The molecule has 3 heteroatoms. The number of hydrogen-bond donors (Lipinski definition) is 1. The second kappa shape index (κ2) is 3.46. The molecule has 0 radical (unpaired) electrons. The summed E-state index contributed by atoms with van der Waals surface area (Å²) in [4.78, 5) is 0. The molecule has 1 atom stereocenters. The fourth-order valence-corrected chi connectivity index (χ4v) is 2.36. The highest BCUT2D eigenvalue weighted by Crippen LogP contribution is 2.29. The van der Waals surface area contributed by atoms with Crippen LogP contribution in [-0.2, 0) is 0 Å². The summed E-state index contributed by atoms with van der Waals surface area (Å²) in [5.41, 5.74) is 1.04. The van der Waals surface area contributed by atoms with Gasteiger partial charge in [0.1, 0.15) is 5.82 Å². The van der Waals surface area contributed by atoms with Crippen molar-refractivity contribution in [2.75, 3.05) is 12.3 Å². The van der Waals surface area contributed by atoms with E-state index in [1.807, 2.05) is 17.8 Å². The predicted octanol–water partition coefficient (Wildman–Crippen LogP) is 2.16. The van der Waals surface area contributed by atoms with Crippen LogP contribution in [0.15, 0.2) is 24.3 Å². The molecular formula is C9H10FNS. The van der Waals surface area contributed by atoms with Crippen LogP contribution in [0.1, 0.15) is 10.9 Å². The van der Waals surface area contributed by atoms with Crippen molar-refractivity contribution < 1.29 is 4.39 Å². The molecule has 0 amide bonds. The highest BCUT2D eigenvalue weighted by molar-refractivity contribution is 7.99. The fraction of sp³-hybridized carbons (Fsp3) is 0.333. The van der Waals surface area contributed by atoms with Crippen LogP contribution in [0.3, 0.4) is 0 Å². The molecule has 0 spiro atoms. The van der Waals surface area contributed by atoms with Crippen molar-refractivity contribution in [3.05, 3.63) is 35.6 Å². The molecule has 1 N–H and O–H groups in total. The molecule has 1 aromatic rings. The van der Waals surface area contributed by atoms with E-state index in [1.165, 1.54) is 6.07 Å². The molecule has 2 rings (SSSR count). The van der Waals surface area contributed by atoms with Crippen molar-refractivity contribution >= 4 is 11.8 Å². The van der Waals surface area contributed by atoms with Crippen molar-refractivity contribution in [1.29, 1.82) is 0 Å². The summed E-state index contributed by atoms with van der Waals surface area (Å²) in [5.74, 6) is 0.961. The van der Waals surface area contributed by atoms with Gasteiger partial charge in [0, 0.05) is 12.3 Å².